The van der Waals surface area contributed by atoms with E-state index in [1.807, 2.05) is 6.92 Å². The second kappa shape index (κ2) is 4.37. The van der Waals surface area contributed by atoms with Crippen LogP contribution in [0.2, 0.25) is 0 Å². The molecule has 1 unspecified atom stereocenters. The van der Waals surface area contributed by atoms with Crippen molar-refractivity contribution in [1.82, 2.24) is 14.9 Å². The molecule has 2 rings (SSSR count). The summed E-state index contributed by atoms with van der Waals surface area (Å²) in [6.07, 6.45) is 5.89. The largest absolute Gasteiger partial charge is 0.284 e. The maximum absolute atomic E-state index is 9.16. The highest BCUT2D eigenvalue weighted by atomic mass is 15.2. The molecule has 0 aromatic carbocycles. The summed E-state index contributed by atoms with van der Waals surface area (Å²) in [6.45, 7) is 3.86. The van der Waals surface area contributed by atoms with Gasteiger partial charge in [0, 0.05) is 18.0 Å². The van der Waals surface area contributed by atoms with Crippen molar-refractivity contribution in [1.29, 1.82) is 5.26 Å². The molecule has 15 heavy (non-hydrogen) atoms. The monoisotopic (exact) mass is 202 g/mol. The summed E-state index contributed by atoms with van der Waals surface area (Å²) in [5.74, 6) is 0.747. The van der Waals surface area contributed by atoms with Crippen LogP contribution in [0.3, 0.4) is 0 Å². The van der Waals surface area contributed by atoms with Gasteiger partial charge in [-0.25, -0.2) is 9.97 Å². The lowest BCUT2D eigenvalue weighted by molar-refractivity contribution is 0.293. The Morgan fingerprint density at radius 2 is 1.93 bits per heavy atom. The number of rotatable bonds is 2. The Kier molecular flexibility index (Phi) is 2.93. The number of likely N-dealkylation sites (tertiary alicyclic amines) is 1. The molecule has 1 aliphatic heterocycles. The quantitative estimate of drug-likeness (QED) is 0.728. The molecule has 0 saturated carbocycles. The van der Waals surface area contributed by atoms with Crippen molar-refractivity contribution >= 4 is 0 Å². The number of hydrogen-bond acceptors (Lipinski definition) is 4. The van der Waals surface area contributed by atoms with E-state index >= 15 is 0 Å². The van der Waals surface area contributed by atoms with Gasteiger partial charge < -0.3 is 0 Å². The summed E-state index contributed by atoms with van der Waals surface area (Å²) < 4.78 is 0. The number of nitrogens with zero attached hydrogens (tertiary/aromatic N) is 4. The number of aromatic nitrogens is 2. The van der Waals surface area contributed by atoms with Crippen LogP contribution in [0.15, 0.2) is 12.4 Å². The Bertz CT molecular complexity index is 359. The molecule has 0 radical (unpaired) electrons. The third-order valence-electron chi connectivity index (χ3n) is 2.74. The van der Waals surface area contributed by atoms with Gasteiger partial charge in [-0.05, 0) is 32.9 Å². The van der Waals surface area contributed by atoms with Crippen LogP contribution < -0.4 is 0 Å². The molecule has 0 N–H and O–H groups in total. The minimum atomic E-state index is -0.173. The van der Waals surface area contributed by atoms with Gasteiger partial charge in [0.25, 0.3) is 0 Å². The number of nitriles is 1. The minimum absolute atomic E-state index is 0.173. The van der Waals surface area contributed by atoms with Gasteiger partial charge in [-0.1, -0.05) is 0 Å². The van der Waals surface area contributed by atoms with Crippen molar-refractivity contribution in [3.05, 3.63) is 23.8 Å². The summed E-state index contributed by atoms with van der Waals surface area (Å²) in [5, 5.41) is 9.16. The van der Waals surface area contributed by atoms with Gasteiger partial charge in [-0.2, -0.15) is 5.26 Å². The average Bonchev–Trinajstić information content (AvgIpc) is 2.75. The van der Waals surface area contributed by atoms with Crippen LogP contribution in [0.5, 0.6) is 0 Å². The van der Waals surface area contributed by atoms with Gasteiger partial charge in [0.05, 0.1) is 6.07 Å². The summed E-state index contributed by atoms with van der Waals surface area (Å²) >= 11 is 0. The Hall–Kier alpha value is -1.47. The molecular weight excluding hydrogens is 188 g/mol. The molecule has 1 saturated heterocycles. The molecule has 2 heterocycles. The highest BCUT2D eigenvalue weighted by Crippen LogP contribution is 2.23. The predicted molar refractivity (Wildman–Crippen MR) is 55.9 cm³/mol. The maximum atomic E-state index is 9.16. The van der Waals surface area contributed by atoms with Crippen molar-refractivity contribution in [3.8, 4) is 6.07 Å². The van der Waals surface area contributed by atoms with E-state index in [1.54, 1.807) is 12.4 Å². The molecule has 0 amide bonds. The standard InChI is InChI=1S/C11H14N4/c1-9-13-7-10(8-14-9)11(6-12)15-4-2-3-5-15/h7-8,11H,2-5H2,1H3. The predicted octanol–water partition coefficient (Wildman–Crippen LogP) is 1.45. The summed E-state index contributed by atoms with van der Waals surface area (Å²) in [7, 11) is 0. The fourth-order valence-electron chi connectivity index (χ4n) is 1.91. The van der Waals surface area contributed by atoms with E-state index in [2.05, 4.69) is 20.9 Å². The maximum Gasteiger partial charge on any atom is 0.126 e. The van der Waals surface area contributed by atoms with Crippen molar-refractivity contribution in [2.24, 2.45) is 0 Å². The fraction of sp³-hybridized carbons (Fsp3) is 0.545. The van der Waals surface area contributed by atoms with Crippen LogP contribution in [-0.4, -0.2) is 28.0 Å². The first-order valence-electron chi connectivity index (χ1n) is 5.23. The number of aryl methyl sites for hydroxylation is 1. The van der Waals surface area contributed by atoms with Crippen LogP contribution in [0.4, 0.5) is 0 Å². The highest BCUT2D eigenvalue weighted by molar-refractivity contribution is 5.18. The van der Waals surface area contributed by atoms with Crippen molar-refractivity contribution in [2.45, 2.75) is 25.8 Å². The van der Waals surface area contributed by atoms with Crippen molar-refractivity contribution in [3.63, 3.8) is 0 Å². The van der Waals surface area contributed by atoms with E-state index in [4.69, 9.17) is 5.26 Å². The zero-order valence-corrected chi connectivity index (χ0v) is 8.85. The molecule has 0 bridgehead atoms. The van der Waals surface area contributed by atoms with Crippen LogP contribution >= 0.6 is 0 Å². The lowest BCUT2D eigenvalue weighted by atomic mass is 10.1. The second-order valence-electron chi connectivity index (χ2n) is 3.84. The van der Waals surface area contributed by atoms with Crippen molar-refractivity contribution < 1.29 is 0 Å². The lowest BCUT2D eigenvalue weighted by Gasteiger charge is -2.20. The molecule has 0 aliphatic carbocycles. The SMILES string of the molecule is Cc1ncc(C(C#N)N2CCCC2)cn1. The minimum Gasteiger partial charge on any atom is -0.284 e. The molecular formula is C11H14N4. The summed E-state index contributed by atoms with van der Waals surface area (Å²) in [6, 6.07) is 2.15. The first kappa shape index (κ1) is 10.1. The average molecular weight is 202 g/mol. The third kappa shape index (κ3) is 2.13. The van der Waals surface area contributed by atoms with Crippen LogP contribution in [0.25, 0.3) is 0 Å². The zero-order chi connectivity index (χ0) is 10.7. The number of hydrogen-bond donors (Lipinski definition) is 0. The van der Waals surface area contributed by atoms with E-state index < -0.39 is 0 Å². The summed E-state index contributed by atoms with van der Waals surface area (Å²) in [4.78, 5) is 10.4. The first-order chi connectivity index (χ1) is 7.31. The van der Waals surface area contributed by atoms with E-state index in [0.717, 1.165) is 24.5 Å². The summed E-state index contributed by atoms with van der Waals surface area (Å²) in [5.41, 5.74) is 0.907. The Balaban J connectivity index is 2.19. The molecule has 0 spiro atoms. The van der Waals surface area contributed by atoms with Gasteiger partial charge in [0.15, 0.2) is 0 Å². The Morgan fingerprint density at radius 3 is 2.47 bits per heavy atom. The molecule has 1 aliphatic rings. The van der Waals surface area contributed by atoms with Gasteiger partial charge in [0.1, 0.15) is 11.9 Å². The molecule has 1 atom stereocenters. The van der Waals surface area contributed by atoms with E-state index in [-0.39, 0.29) is 6.04 Å². The van der Waals surface area contributed by atoms with Crippen LogP contribution in [0, 0.1) is 18.3 Å². The molecule has 78 valence electrons. The molecule has 1 aromatic rings. The van der Waals surface area contributed by atoms with E-state index in [0.29, 0.717) is 0 Å². The van der Waals surface area contributed by atoms with Crippen LogP contribution in [0.1, 0.15) is 30.3 Å². The molecule has 4 nitrogen and oxygen atoms in total. The third-order valence-corrected chi connectivity index (χ3v) is 2.74. The van der Waals surface area contributed by atoms with Gasteiger partial charge in [-0.3, -0.25) is 4.90 Å². The molecule has 1 fully saturated rings. The topological polar surface area (TPSA) is 52.8 Å². The Labute approximate surface area is 89.6 Å². The van der Waals surface area contributed by atoms with Crippen LogP contribution in [-0.2, 0) is 0 Å². The normalized spacial score (nSPS) is 18.7. The van der Waals surface area contributed by atoms with Gasteiger partial charge >= 0.3 is 0 Å². The molecule has 1 aromatic heterocycles. The van der Waals surface area contributed by atoms with Gasteiger partial charge in [0.2, 0.25) is 0 Å². The molecule has 4 heteroatoms. The van der Waals surface area contributed by atoms with Crippen molar-refractivity contribution in [2.75, 3.05) is 13.1 Å². The van der Waals surface area contributed by atoms with Gasteiger partial charge in [-0.15, -0.1) is 0 Å². The first-order valence-corrected chi connectivity index (χ1v) is 5.23. The Morgan fingerprint density at radius 1 is 1.33 bits per heavy atom. The zero-order valence-electron chi connectivity index (χ0n) is 8.85. The smallest absolute Gasteiger partial charge is 0.126 e. The van der Waals surface area contributed by atoms with E-state index in [1.165, 1.54) is 12.8 Å². The van der Waals surface area contributed by atoms with E-state index in [9.17, 15) is 0 Å². The fourth-order valence-corrected chi connectivity index (χ4v) is 1.91. The highest BCUT2D eigenvalue weighted by Gasteiger charge is 2.23. The second-order valence-corrected chi connectivity index (χ2v) is 3.84. The lowest BCUT2D eigenvalue weighted by Crippen LogP contribution is -2.24.